The van der Waals surface area contributed by atoms with E-state index in [0.29, 0.717) is 5.56 Å². The van der Waals surface area contributed by atoms with E-state index in [2.05, 4.69) is 26.0 Å². The summed E-state index contributed by atoms with van der Waals surface area (Å²) >= 11 is 3.23. The Hall–Kier alpha value is -1.32. The van der Waals surface area contributed by atoms with Gasteiger partial charge in [0.2, 0.25) is 5.91 Å². The molecule has 0 bridgehead atoms. The molecule has 0 unspecified atom stereocenters. The standard InChI is InChI=1S/C8H6BrN3O/c1-5-2-3-6(9)4-7(5)8(13)11-12-10/h2-4H,1H3. The molecule has 1 rings (SSSR count). The molecule has 0 radical (unpaired) electrons. The first-order valence-corrected chi connectivity index (χ1v) is 4.30. The summed E-state index contributed by atoms with van der Waals surface area (Å²) in [6, 6.07) is 5.23. The Balaban J connectivity index is 3.20. The third-order valence-electron chi connectivity index (χ3n) is 1.57. The van der Waals surface area contributed by atoms with Crippen molar-refractivity contribution in [1.82, 2.24) is 0 Å². The molecular formula is C8H6BrN3O. The quantitative estimate of drug-likeness (QED) is 0.422. The number of hydrogen-bond acceptors (Lipinski definition) is 1. The number of halogens is 1. The van der Waals surface area contributed by atoms with Crippen molar-refractivity contribution in [3.63, 3.8) is 0 Å². The van der Waals surface area contributed by atoms with Crippen LogP contribution in [-0.4, -0.2) is 5.91 Å². The summed E-state index contributed by atoms with van der Waals surface area (Å²) in [5, 5.41) is 3.02. The minimum absolute atomic E-state index is 0.423. The molecular weight excluding hydrogens is 234 g/mol. The number of hydrogen-bond donors (Lipinski definition) is 0. The lowest BCUT2D eigenvalue weighted by Gasteiger charge is -2.00. The summed E-state index contributed by atoms with van der Waals surface area (Å²) in [5.41, 5.74) is 9.30. The molecule has 0 aromatic heterocycles. The van der Waals surface area contributed by atoms with Crippen LogP contribution in [0.1, 0.15) is 15.9 Å². The molecule has 0 spiro atoms. The predicted octanol–water partition coefficient (Wildman–Crippen LogP) is 3.21. The van der Waals surface area contributed by atoms with E-state index in [1.165, 1.54) is 0 Å². The van der Waals surface area contributed by atoms with Crippen molar-refractivity contribution >= 4 is 21.8 Å². The van der Waals surface area contributed by atoms with Gasteiger partial charge in [-0.2, -0.15) is 0 Å². The van der Waals surface area contributed by atoms with Crippen molar-refractivity contribution in [3.8, 4) is 0 Å². The molecule has 1 aromatic carbocycles. The molecule has 66 valence electrons. The summed E-state index contributed by atoms with van der Waals surface area (Å²) in [5.74, 6) is -0.554. The number of rotatable bonds is 1. The maximum Gasteiger partial charge on any atom is 0.249 e. The Labute approximate surface area is 83.3 Å². The lowest BCUT2D eigenvalue weighted by Crippen LogP contribution is -1.96. The van der Waals surface area contributed by atoms with Gasteiger partial charge in [0.05, 0.1) is 0 Å². The van der Waals surface area contributed by atoms with Gasteiger partial charge in [-0.05, 0) is 35.3 Å². The highest BCUT2D eigenvalue weighted by molar-refractivity contribution is 9.10. The molecule has 0 aliphatic heterocycles. The molecule has 0 N–H and O–H groups in total. The number of aryl methyl sites for hydroxylation is 1. The predicted molar refractivity (Wildman–Crippen MR) is 52.4 cm³/mol. The van der Waals surface area contributed by atoms with Crippen LogP contribution < -0.4 is 0 Å². The molecule has 13 heavy (non-hydrogen) atoms. The van der Waals surface area contributed by atoms with Crippen LogP contribution in [0.2, 0.25) is 0 Å². The number of nitrogens with zero attached hydrogens (tertiary/aromatic N) is 3. The van der Waals surface area contributed by atoms with E-state index in [-0.39, 0.29) is 0 Å². The van der Waals surface area contributed by atoms with E-state index in [0.717, 1.165) is 10.0 Å². The first-order valence-electron chi connectivity index (χ1n) is 3.50. The maximum atomic E-state index is 11.2. The smallest absolute Gasteiger partial charge is 0.249 e. The average Bonchev–Trinajstić information content (AvgIpc) is 2.09. The van der Waals surface area contributed by atoms with Gasteiger partial charge in [0.1, 0.15) is 0 Å². The SMILES string of the molecule is Cc1ccc(Br)cc1C(=O)N=[N+]=[N-]. The summed E-state index contributed by atoms with van der Waals surface area (Å²) in [6.45, 7) is 1.78. The monoisotopic (exact) mass is 239 g/mol. The van der Waals surface area contributed by atoms with Gasteiger partial charge in [-0.15, -0.1) is 0 Å². The highest BCUT2D eigenvalue weighted by atomic mass is 79.9. The average molecular weight is 240 g/mol. The van der Waals surface area contributed by atoms with Crippen LogP contribution in [0.25, 0.3) is 10.4 Å². The topological polar surface area (TPSA) is 65.8 Å². The molecule has 0 aliphatic carbocycles. The first-order chi connectivity index (χ1) is 6.15. The lowest BCUT2D eigenvalue weighted by molar-refractivity contribution is 0.1000. The maximum absolute atomic E-state index is 11.2. The van der Waals surface area contributed by atoms with Crippen molar-refractivity contribution in [2.45, 2.75) is 6.92 Å². The van der Waals surface area contributed by atoms with Gasteiger partial charge in [0, 0.05) is 14.9 Å². The third-order valence-corrected chi connectivity index (χ3v) is 2.06. The fourth-order valence-electron chi connectivity index (χ4n) is 0.919. The third kappa shape index (κ3) is 2.31. The number of carbonyl (C=O) groups excluding carboxylic acids is 1. The number of azide groups is 1. The van der Waals surface area contributed by atoms with E-state index in [4.69, 9.17) is 5.53 Å². The van der Waals surface area contributed by atoms with Crippen LogP contribution in [0.15, 0.2) is 27.8 Å². The van der Waals surface area contributed by atoms with Crippen molar-refractivity contribution in [1.29, 1.82) is 0 Å². The summed E-state index contributed by atoms with van der Waals surface area (Å²) in [7, 11) is 0. The number of benzene rings is 1. The zero-order chi connectivity index (χ0) is 9.84. The van der Waals surface area contributed by atoms with Crippen molar-refractivity contribution in [2.24, 2.45) is 5.11 Å². The molecule has 0 saturated carbocycles. The lowest BCUT2D eigenvalue weighted by atomic mass is 10.1. The zero-order valence-corrected chi connectivity index (χ0v) is 8.45. The molecule has 1 aromatic rings. The molecule has 0 atom stereocenters. The second-order valence-electron chi connectivity index (χ2n) is 2.45. The van der Waals surface area contributed by atoms with Crippen LogP contribution in [0.5, 0.6) is 0 Å². The van der Waals surface area contributed by atoms with Gasteiger partial charge >= 0.3 is 0 Å². The molecule has 5 heteroatoms. The van der Waals surface area contributed by atoms with E-state index < -0.39 is 5.91 Å². The normalized spacial score (nSPS) is 9.08. The Kier molecular flexibility index (Phi) is 3.06. The Bertz CT molecular complexity index is 396. The largest absolute Gasteiger partial charge is 0.287 e. The molecule has 1 amide bonds. The van der Waals surface area contributed by atoms with Crippen molar-refractivity contribution in [2.75, 3.05) is 0 Å². The second-order valence-corrected chi connectivity index (χ2v) is 3.37. The number of carbonyl (C=O) groups is 1. The number of amides is 1. The van der Waals surface area contributed by atoms with Gasteiger partial charge in [-0.1, -0.05) is 22.0 Å². The van der Waals surface area contributed by atoms with Crippen molar-refractivity contribution < 1.29 is 4.79 Å². The van der Waals surface area contributed by atoms with Gasteiger partial charge < -0.3 is 0 Å². The van der Waals surface area contributed by atoms with E-state index >= 15 is 0 Å². The Morgan fingerprint density at radius 3 is 2.92 bits per heavy atom. The van der Waals surface area contributed by atoms with E-state index in [1.807, 2.05) is 6.07 Å². The van der Waals surface area contributed by atoms with Crippen LogP contribution in [0, 0.1) is 6.92 Å². The van der Waals surface area contributed by atoms with Crippen LogP contribution in [0.4, 0.5) is 0 Å². The minimum Gasteiger partial charge on any atom is -0.287 e. The summed E-state index contributed by atoms with van der Waals surface area (Å²) < 4.78 is 0.787. The highest BCUT2D eigenvalue weighted by Gasteiger charge is 2.06. The van der Waals surface area contributed by atoms with Crippen LogP contribution >= 0.6 is 15.9 Å². The van der Waals surface area contributed by atoms with Crippen LogP contribution in [-0.2, 0) is 0 Å². The minimum atomic E-state index is -0.554. The molecule has 0 heterocycles. The second kappa shape index (κ2) is 4.07. The molecule has 0 saturated heterocycles. The van der Waals surface area contributed by atoms with E-state index in [1.54, 1.807) is 19.1 Å². The molecule has 4 nitrogen and oxygen atoms in total. The molecule has 0 fully saturated rings. The van der Waals surface area contributed by atoms with Gasteiger partial charge in [0.25, 0.3) is 0 Å². The van der Waals surface area contributed by atoms with Crippen molar-refractivity contribution in [3.05, 3.63) is 44.2 Å². The fourth-order valence-corrected chi connectivity index (χ4v) is 1.28. The molecule has 0 aliphatic rings. The van der Waals surface area contributed by atoms with Gasteiger partial charge in [0.15, 0.2) is 0 Å². The van der Waals surface area contributed by atoms with Crippen LogP contribution in [0.3, 0.4) is 0 Å². The first kappa shape index (κ1) is 9.77. The van der Waals surface area contributed by atoms with E-state index in [9.17, 15) is 4.79 Å². The summed E-state index contributed by atoms with van der Waals surface area (Å²) in [6.07, 6.45) is 0. The van der Waals surface area contributed by atoms with Gasteiger partial charge in [-0.25, -0.2) is 0 Å². The summed E-state index contributed by atoms with van der Waals surface area (Å²) in [4.78, 5) is 13.6. The highest BCUT2D eigenvalue weighted by Crippen LogP contribution is 2.16. The fraction of sp³-hybridized carbons (Fsp3) is 0.125. The Morgan fingerprint density at radius 2 is 2.31 bits per heavy atom. The van der Waals surface area contributed by atoms with Gasteiger partial charge in [-0.3, -0.25) is 4.79 Å². The zero-order valence-electron chi connectivity index (χ0n) is 6.86. The Morgan fingerprint density at radius 1 is 1.62 bits per heavy atom.